The fraction of sp³-hybridized carbons (Fsp3) is 0.714. The van der Waals surface area contributed by atoms with Crippen molar-refractivity contribution in [3.05, 3.63) is 12.7 Å². The van der Waals surface area contributed by atoms with Crippen molar-refractivity contribution >= 4 is 0 Å². The minimum atomic E-state index is -0.690. The summed E-state index contributed by atoms with van der Waals surface area (Å²) in [5.74, 6) is 0. The van der Waals surface area contributed by atoms with Gasteiger partial charge in [-0.15, -0.1) is 6.58 Å². The van der Waals surface area contributed by atoms with E-state index >= 15 is 0 Å². The molecule has 0 unspecified atom stereocenters. The fourth-order valence-electron chi connectivity index (χ4n) is 1.54. The van der Waals surface area contributed by atoms with Crippen LogP contribution in [-0.4, -0.2) is 22.9 Å². The molecule has 1 N–H and O–H groups in total. The lowest BCUT2D eigenvalue weighted by molar-refractivity contribution is 0.0480. The molecular weight excluding hydrogens is 116 g/mol. The standard InChI is InChI=1S/C7H10O2/c1-2-7(8)4-3-5-6(7)9-5/h2,5-6,8H,1,3-4H2/t5-,6-,7+/m0/s1. The molecule has 0 aromatic carbocycles. The molecule has 2 fully saturated rings. The minimum Gasteiger partial charge on any atom is -0.383 e. The molecule has 2 nitrogen and oxygen atoms in total. The van der Waals surface area contributed by atoms with Gasteiger partial charge in [-0.05, 0) is 12.8 Å². The molecule has 9 heavy (non-hydrogen) atoms. The third kappa shape index (κ3) is 0.575. The van der Waals surface area contributed by atoms with Gasteiger partial charge in [0.05, 0.1) is 6.10 Å². The van der Waals surface area contributed by atoms with Crippen LogP contribution in [0.1, 0.15) is 12.8 Å². The topological polar surface area (TPSA) is 32.8 Å². The molecule has 1 heterocycles. The molecule has 0 aromatic heterocycles. The van der Waals surface area contributed by atoms with Crippen LogP contribution in [0, 0.1) is 0 Å². The zero-order valence-corrected chi connectivity index (χ0v) is 5.21. The molecular formula is C7H10O2. The smallest absolute Gasteiger partial charge is 0.116 e. The Labute approximate surface area is 54.1 Å². The first kappa shape index (κ1) is 5.45. The van der Waals surface area contributed by atoms with Crippen LogP contribution in [0.3, 0.4) is 0 Å². The molecule has 2 rings (SSSR count). The van der Waals surface area contributed by atoms with Crippen LogP contribution in [0.2, 0.25) is 0 Å². The highest BCUT2D eigenvalue weighted by molar-refractivity contribution is 5.15. The van der Waals surface area contributed by atoms with Crippen molar-refractivity contribution in [3.8, 4) is 0 Å². The van der Waals surface area contributed by atoms with E-state index in [4.69, 9.17) is 4.74 Å². The van der Waals surface area contributed by atoms with Crippen molar-refractivity contribution in [2.45, 2.75) is 30.7 Å². The van der Waals surface area contributed by atoms with Crippen LogP contribution >= 0.6 is 0 Å². The second kappa shape index (κ2) is 1.39. The number of hydrogen-bond acceptors (Lipinski definition) is 2. The molecule has 50 valence electrons. The third-order valence-corrected chi connectivity index (χ3v) is 2.26. The van der Waals surface area contributed by atoms with Crippen molar-refractivity contribution in [3.63, 3.8) is 0 Å². The summed E-state index contributed by atoms with van der Waals surface area (Å²) in [6, 6.07) is 0. The maximum Gasteiger partial charge on any atom is 0.116 e. The Bertz CT molecular complexity index is 155. The summed E-state index contributed by atoms with van der Waals surface area (Å²) in [7, 11) is 0. The Morgan fingerprint density at radius 1 is 1.78 bits per heavy atom. The second-order valence-electron chi connectivity index (χ2n) is 2.83. The number of rotatable bonds is 1. The Hall–Kier alpha value is -0.340. The first-order valence-corrected chi connectivity index (χ1v) is 3.28. The largest absolute Gasteiger partial charge is 0.383 e. The predicted molar refractivity (Wildman–Crippen MR) is 33.0 cm³/mol. The lowest BCUT2D eigenvalue weighted by Gasteiger charge is -2.16. The van der Waals surface area contributed by atoms with Crippen molar-refractivity contribution in [1.29, 1.82) is 0 Å². The van der Waals surface area contributed by atoms with Gasteiger partial charge in [0, 0.05) is 0 Å². The van der Waals surface area contributed by atoms with Gasteiger partial charge in [0.2, 0.25) is 0 Å². The van der Waals surface area contributed by atoms with E-state index in [0.29, 0.717) is 6.10 Å². The molecule has 1 saturated carbocycles. The number of ether oxygens (including phenoxy) is 1. The highest BCUT2D eigenvalue weighted by atomic mass is 16.6. The van der Waals surface area contributed by atoms with Crippen molar-refractivity contribution in [1.82, 2.24) is 0 Å². The Morgan fingerprint density at radius 3 is 2.78 bits per heavy atom. The number of fused-ring (bicyclic) bond motifs is 1. The maximum atomic E-state index is 9.57. The van der Waals surface area contributed by atoms with Crippen molar-refractivity contribution in [2.75, 3.05) is 0 Å². The molecule has 0 radical (unpaired) electrons. The van der Waals surface area contributed by atoms with Crippen LogP contribution in [-0.2, 0) is 4.74 Å². The first-order valence-electron chi connectivity index (χ1n) is 3.28. The number of hydrogen-bond donors (Lipinski definition) is 1. The Balaban J connectivity index is 2.19. The highest BCUT2D eigenvalue weighted by Crippen LogP contribution is 2.46. The lowest BCUT2D eigenvalue weighted by atomic mass is 10.0. The molecule has 0 spiro atoms. The number of epoxide rings is 1. The van der Waals surface area contributed by atoms with E-state index in [-0.39, 0.29) is 6.10 Å². The molecule has 1 saturated heterocycles. The average Bonchev–Trinajstić information content (AvgIpc) is 2.58. The fourth-order valence-corrected chi connectivity index (χ4v) is 1.54. The van der Waals surface area contributed by atoms with E-state index in [1.165, 1.54) is 0 Å². The molecule has 1 aliphatic carbocycles. The summed E-state index contributed by atoms with van der Waals surface area (Å²) in [5.41, 5.74) is -0.690. The number of aliphatic hydroxyl groups is 1. The van der Waals surface area contributed by atoms with Crippen molar-refractivity contribution < 1.29 is 9.84 Å². The van der Waals surface area contributed by atoms with Gasteiger partial charge in [-0.2, -0.15) is 0 Å². The molecule has 0 aromatic rings. The zero-order chi connectivity index (χ0) is 6.48. The van der Waals surface area contributed by atoms with Crippen LogP contribution in [0.4, 0.5) is 0 Å². The van der Waals surface area contributed by atoms with Gasteiger partial charge in [0.15, 0.2) is 0 Å². The van der Waals surface area contributed by atoms with E-state index in [9.17, 15) is 5.11 Å². The van der Waals surface area contributed by atoms with Gasteiger partial charge in [-0.1, -0.05) is 6.08 Å². The Morgan fingerprint density at radius 2 is 2.56 bits per heavy atom. The van der Waals surface area contributed by atoms with Gasteiger partial charge in [-0.3, -0.25) is 0 Å². The van der Waals surface area contributed by atoms with Gasteiger partial charge in [0.1, 0.15) is 11.7 Å². The lowest BCUT2D eigenvalue weighted by Crippen LogP contribution is -2.28. The van der Waals surface area contributed by atoms with Crippen LogP contribution in [0.5, 0.6) is 0 Å². The molecule has 0 bridgehead atoms. The highest BCUT2D eigenvalue weighted by Gasteiger charge is 2.57. The first-order chi connectivity index (χ1) is 4.26. The third-order valence-electron chi connectivity index (χ3n) is 2.26. The monoisotopic (exact) mass is 126 g/mol. The van der Waals surface area contributed by atoms with Crippen LogP contribution < -0.4 is 0 Å². The molecule has 1 aliphatic heterocycles. The van der Waals surface area contributed by atoms with E-state index in [1.807, 2.05) is 0 Å². The van der Waals surface area contributed by atoms with Crippen LogP contribution in [0.15, 0.2) is 12.7 Å². The molecule has 0 amide bonds. The molecule has 2 aliphatic rings. The van der Waals surface area contributed by atoms with E-state index in [1.54, 1.807) is 6.08 Å². The maximum absolute atomic E-state index is 9.57. The minimum absolute atomic E-state index is 0.0787. The van der Waals surface area contributed by atoms with Gasteiger partial charge in [-0.25, -0.2) is 0 Å². The summed E-state index contributed by atoms with van der Waals surface area (Å²) in [6.07, 6.45) is 3.84. The zero-order valence-electron chi connectivity index (χ0n) is 5.21. The summed E-state index contributed by atoms with van der Waals surface area (Å²) >= 11 is 0. The van der Waals surface area contributed by atoms with E-state index in [2.05, 4.69) is 6.58 Å². The van der Waals surface area contributed by atoms with Gasteiger partial charge in [0.25, 0.3) is 0 Å². The average molecular weight is 126 g/mol. The SMILES string of the molecule is C=C[C@@]1(O)CC[C@@H]2O[C@@H]21. The second-order valence-corrected chi connectivity index (χ2v) is 2.83. The predicted octanol–water partition coefficient (Wildman–Crippen LogP) is 0.465. The summed E-state index contributed by atoms with van der Waals surface area (Å²) in [6.45, 7) is 3.56. The summed E-state index contributed by atoms with van der Waals surface area (Å²) in [5, 5.41) is 9.57. The van der Waals surface area contributed by atoms with Crippen LogP contribution in [0.25, 0.3) is 0 Å². The van der Waals surface area contributed by atoms with Gasteiger partial charge >= 0.3 is 0 Å². The quantitative estimate of drug-likeness (QED) is 0.409. The van der Waals surface area contributed by atoms with E-state index < -0.39 is 5.60 Å². The van der Waals surface area contributed by atoms with Gasteiger partial charge < -0.3 is 9.84 Å². The molecule has 2 heteroatoms. The summed E-state index contributed by atoms with van der Waals surface area (Å²) in [4.78, 5) is 0. The van der Waals surface area contributed by atoms with E-state index in [0.717, 1.165) is 12.8 Å². The molecule has 3 atom stereocenters. The van der Waals surface area contributed by atoms with Crippen molar-refractivity contribution in [2.24, 2.45) is 0 Å². The Kier molecular flexibility index (Phi) is 0.838. The summed E-state index contributed by atoms with van der Waals surface area (Å²) < 4.78 is 5.14. The normalized spacial score (nSPS) is 54.8.